The van der Waals surface area contributed by atoms with Crippen molar-refractivity contribution in [1.82, 2.24) is 9.38 Å². The largest absolute Gasteiger partial charge is 0.497 e. The van der Waals surface area contributed by atoms with Crippen LogP contribution in [0.25, 0.3) is 39.1 Å². The molecule has 0 aliphatic heterocycles. The van der Waals surface area contributed by atoms with Crippen molar-refractivity contribution in [2.24, 2.45) is 0 Å². The molecule has 0 aliphatic carbocycles. The molecule has 0 saturated carbocycles. The third-order valence-electron chi connectivity index (χ3n) is 6.05. The molecular weight excluding hydrogens is 424 g/mol. The van der Waals surface area contributed by atoms with Crippen molar-refractivity contribution in [1.29, 1.82) is 0 Å². The molecular formula is C29H26N2O3. The minimum atomic E-state index is -0.366. The Bertz CT molecular complexity index is 1510. The molecule has 2 aromatic heterocycles. The van der Waals surface area contributed by atoms with E-state index < -0.39 is 0 Å². The highest BCUT2D eigenvalue weighted by molar-refractivity contribution is 6.12. The fourth-order valence-electron chi connectivity index (χ4n) is 4.33. The van der Waals surface area contributed by atoms with Crippen LogP contribution >= 0.6 is 0 Å². The van der Waals surface area contributed by atoms with Crippen LogP contribution in [0.4, 0.5) is 0 Å². The minimum Gasteiger partial charge on any atom is -0.497 e. The van der Waals surface area contributed by atoms with E-state index in [1.807, 2.05) is 50.2 Å². The van der Waals surface area contributed by atoms with Gasteiger partial charge < -0.3 is 9.47 Å². The van der Waals surface area contributed by atoms with Crippen molar-refractivity contribution in [3.63, 3.8) is 0 Å². The molecule has 0 fully saturated rings. The third kappa shape index (κ3) is 3.69. The molecule has 5 aromatic rings. The molecule has 0 saturated heterocycles. The van der Waals surface area contributed by atoms with Crippen molar-refractivity contribution >= 4 is 22.5 Å². The number of fused-ring (bicyclic) bond motifs is 3. The summed E-state index contributed by atoms with van der Waals surface area (Å²) in [6.07, 6.45) is 0. The number of hydrogen-bond acceptors (Lipinski definition) is 4. The predicted molar refractivity (Wildman–Crippen MR) is 136 cm³/mol. The summed E-state index contributed by atoms with van der Waals surface area (Å²) in [5, 5.41) is 0.839. The fraction of sp³-hybridized carbons (Fsp3) is 0.172. The molecule has 0 amide bonds. The summed E-state index contributed by atoms with van der Waals surface area (Å²) in [5.41, 5.74) is 7.97. The number of aryl methyl sites for hydroxylation is 2. The molecule has 0 N–H and O–H groups in total. The van der Waals surface area contributed by atoms with Gasteiger partial charge in [0.1, 0.15) is 11.3 Å². The van der Waals surface area contributed by atoms with E-state index in [1.165, 1.54) is 5.56 Å². The van der Waals surface area contributed by atoms with E-state index in [0.29, 0.717) is 17.8 Å². The van der Waals surface area contributed by atoms with Crippen LogP contribution in [0.15, 0.2) is 72.8 Å². The zero-order chi connectivity index (χ0) is 23.8. The summed E-state index contributed by atoms with van der Waals surface area (Å²) in [6.45, 7) is 6.21. The zero-order valence-corrected chi connectivity index (χ0v) is 19.8. The molecule has 0 radical (unpaired) electrons. The van der Waals surface area contributed by atoms with Crippen LogP contribution in [0.2, 0.25) is 0 Å². The second-order valence-electron chi connectivity index (χ2n) is 8.40. The maximum Gasteiger partial charge on any atom is 0.342 e. The first-order chi connectivity index (χ1) is 16.5. The average molecular weight is 451 g/mol. The van der Waals surface area contributed by atoms with Crippen LogP contribution in [0, 0.1) is 13.8 Å². The van der Waals surface area contributed by atoms with E-state index in [1.54, 1.807) is 7.11 Å². The first kappa shape index (κ1) is 21.7. The van der Waals surface area contributed by atoms with E-state index in [0.717, 1.165) is 44.7 Å². The Morgan fingerprint density at radius 1 is 0.882 bits per heavy atom. The molecule has 34 heavy (non-hydrogen) atoms. The third-order valence-corrected chi connectivity index (χ3v) is 6.05. The van der Waals surface area contributed by atoms with Crippen molar-refractivity contribution in [3.8, 4) is 28.3 Å². The molecule has 3 aromatic carbocycles. The Hall–Kier alpha value is -4.12. The molecule has 0 bridgehead atoms. The van der Waals surface area contributed by atoms with Gasteiger partial charge in [-0.05, 0) is 68.8 Å². The van der Waals surface area contributed by atoms with E-state index >= 15 is 0 Å². The van der Waals surface area contributed by atoms with Gasteiger partial charge in [0.2, 0.25) is 0 Å². The highest BCUT2D eigenvalue weighted by Crippen LogP contribution is 2.35. The van der Waals surface area contributed by atoms with Gasteiger partial charge in [-0.25, -0.2) is 9.78 Å². The quantitative estimate of drug-likeness (QED) is 0.282. The number of rotatable bonds is 5. The monoisotopic (exact) mass is 450 g/mol. The number of nitrogens with zero attached hydrogens (tertiary/aromatic N) is 2. The molecule has 0 atom stereocenters. The average Bonchev–Trinajstić information content (AvgIpc) is 3.17. The molecule has 0 unspecified atom stereocenters. The predicted octanol–water partition coefficient (Wildman–Crippen LogP) is 6.62. The van der Waals surface area contributed by atoms with Gasteiger partial charge in [-0.1, -0.05) is 41.5 Å². The molecule has 0 spiro atoms. The summed E-state index contributed by atoms with van der Waals surface area (Å²) in [7, 11) is 1.65. The summed E-state index contributed by atoms with van der Waals surface area (Å²) in [6, 6.07) is 24.4. The van der Waals surface area contributed by atoms with Crippen LogP contribution in [-0.2, 0) is 4.74 Å². The lowest BCUT2D eigenvalue weighted by Gasteiger charge is -2.12. The number of benzene rings is 3. The van der Waals surface area contributed by atoms with Gasteiger partial charge in [-0.2, -0.15) is 0 Å². The Kier molecular flexibility index (Phi) is 5.54. The van der Waals surface area contributed by atoms with Gasteiger partial charge in [-0.3, -0.25) is 4.40 Å². The summed E-state index contributed by atoms with van der Waals surface area (Å²) < 4.78 is 12.9. The lowest BCUT2D eigenvalue weighted by molar-refractivity contribution is 0.0530. The van der Waals surface area contributed by atoms with Crippen LogP contribution in [0.3, 0.4) is 0 Å². The van der Waals surface area contributed by atoms with Crippen molar-refractivity contribution in [2.45, 2.75) is 20.8 Å². The molecule has 0 aliphatic rings. The van der Waals surface area contributed by atoms with Gasteiger partial charge in [0, 0.05) is 10.9 Å². The number of esters is 1. The summed E-state index contributed by atoms with van der Waals surface area (Å²) in [5.74, 6) is 0.412. The fourth-order valence-corrected chi connectivity index (χ4v) is 4.33. The number of ether oxygens (including phenoxy) is 2. The Balaban J connectivity index is 1.90. The maximum absolute atomic E-state index is 13.2. The van der Waals surface area contributed by atoms with E-state index in [-0.39, 0.29) is 5.97 Å². The number of carbonyl (C=O) groups is 1. The molecule has 2 heterocycles. The second-order valence-corrected chi connectivity index (χ2v) is 8.40. The van der Waals surface area contributed by atoms with Crippen LogP contribution in [0.5, 0.6) is 5.75 Å². The first-order valence-electron chi connectivity index (χ1n) is 11.3. The lowest BCUT2D eigenvalue weighted by Crippen LogP contribution is -2.06. The SMILES string of the molecule is CCOC(=O)c1c2cc(C)ccc2n2c(-c3ccc(C)cc3)cc(-c3ccc(OC)cc3)nc12. The van der Waals surface area contributed by atoms with E-state index in [2.05, 4.69) is 47.7 Å². The van der Waals surface area contributed by atoms with Crippen molar-refractivity contribution in [2.75, 3.05) is 13.7 Å². The van der Waals surface area contributed by atoms with Gasteiger partial charge in [-0.15, -0.1) is 0 Å². The van der Waals surface area contributed by atoms with E-state index in [4.69, 9.17) is 14.5 Å². The Morgan fingerprint density at radius 3 is 2.24 bits per heavy atom. The zero-order valence-electron chi connectivity index (χ0n) is 19.8. The number of carbonyl (C=O) groups excluding carboxylic acids is 1. The molecule has 5 heteroatoms. The smallest absolute Gasteiger partial charge is 0.342 e. The minimum absolute atomic E-state index is 0.298. The van der Waals surface area contributed by atoms with Gasteiger partial charge in [0.25, 0.3) is 0 Å². The van der Waals surface area contributed by atoms with Gasteiger partial charge in [0.15, 0.2) is 5.65 Å². The van der Waals surface area contributed by atoms with Crippen molar-refractivity contribution in [3.05, 3.63) is 89.5 Å². The van der Waals surface area contributed by atoms with Crippen molar-refractivity contribution < 1.29 is 14.3 Å². The topological polar surface area (TPSA) is 52.8 Å². The molecule has 5 rings (SSSR count). The highest BCUT2D eigenvalue weighted by atomic mass is 16.5. The Morgan fingerprint density at radius 2 is 1.56 bits per heavy atom. The van der Waals surface area contributed by atoms with Gasteiger partial charge in [0.05, 0.1) is 30.6 Å². The van der Waals surface area contributed by atoms with E-state index in [9.17, 15) is 4.79 Å². The number of hydrogen-bond donors (Lipinski definition) is 0. The number of aromatic nitrogens is 2. The first-order valence-corrected chi connectivity index (χ1v) is 11.3. The standard InChI is InChI=1S/C29H26N2O3/c1-5-34-29(32)27-23-16-19(3)8-15-25(23)31-26(21-9-6-18(2)7-10-21)17-24(30-28(27)31)20-11-13-22(33-4)14-12-20/h6-17H,5H2,1-4H3. The number of methoxy groups -OCH3 is 1. The Labute approximate surface area is 198 Å². The summed E-state index contributed by atoms with van der Waals surface area (Å²) >= 11 is 0. The highest BCUT2D eigenvalue weighted by Gasteiger charge is 2.24. The second kappa shape index (κ2) is 8.67. The van der Waals surface area contributed by atoms with Crippen LogP contribution in [-0.4, -0.2) is 29.1 Å². The normalized spacial score (nSPS) is 11.2. The van der Waals surface area contributed by atoms with Crippen LogP contribution < -0.4 is 4.74 Å². The molecule has 170 valence electrons. The lowest BCUT2D eigenvalue weighted by atomic mass is 10.1. The van der Waals surface area contributed by atoms with Gasteiger partial charge >= 0.3 is 5.97 Å². The maximum atomic E-state index is 13.2. The molecule has 5 nitrogen and oxygen atoms in total. The summed E-state index contributed by atoms with van der Waals surface area (Å²) in [4.78, 5) is 18.2. The van der Waals surface area contributed by atoms with Crippen LogP contribution in [0.1, 0.15) is 28.4 Å².